The number of amides is 1. The normalized spacial score (nSPS) is 18.2. The summed E-state index contributed by atoms with van der Waals surface area (Å²) in [5.41, 5.74) is -0.00832. The number of benzene rings is 1. The summed E-state index contributed by atoms with van der Waals surface area (Å²) < 4.78 is 0. The molecule has 0 aromatic heterocycles. The van der Waals surface area contributed by atoms with Crippen LogP contribution in [0.3, 0.4) is 0 Å². The van der Waals surface area contributed by atoms with Crippen molar-refractivity contribution in [1.82, 2.24) is 4.90 Å². The lowest BCUT2D eigenvalue weighted by molar-refractivity contribution is -0.149. The van der Waals surface area contributed by atoms with Crippen molar-refractivity contribution in [2.45, 2.75) is 57.8 Å². The predicted octanol–water partition coefficient (Wildman–Crippen LogP) is 3.85. The van der Waals surface area contributed by atoms with Crippen LogP contribution in [0.25, 0.3) is 0 Å². The van der Waals surface area contributed by atoms with Gasteiger partial charge in [-0.15, -0.1) is 0 Å². The van der Waals surface area contributed by atoms with Crippen molar-refractivity contribution in [3.8, 4) is 0 Å². The van der Waals surface area contributed by atoms with Crippen molar-refractivity contribution in [2.24, 2.45) is 5.92 Å². The number of carboxylic acids is 1. The number of piperidine rings is 1. The van der Waals surface area contributed by atoms with E-state index in [2.05, 4.69) is 13.8 Å². The first kappa shape index (κ1) is 18.5. The van der Waals surface area contributed by atoms with Gasteiger partial charge in [0.2, 0.25) is 5.91 Å². The van der Waals surface area contributed by atoms with Gasteiger partial charge in [-0.1, -0.05) is 57.0 Å². The van der Waals surface area contributed by atoms with Crippen LogP contribution >= 0.6 is 0 Å². The minimum absolute atomic E-state index is 0.0824. The summed E-state index contributed by atoms with van der Waals surface area (Å²) in [5, 5.41) is 9.84. The molecule has 0 saturated carbocycles. The molecule has 24 heavy (non-hydrogen) atoms. The van der Waals surface area contributed by atoms with Crippen LogP contribution in [0.2, 0.25) is 0 Å². The van der Waals surface area contributed by atoms with Gasteiger partial charge in [0.1, 0.15) is 0 Å². The van der Waals surface area contributed by atoms with E-state index in [-0.39, 0.29) is 11.8 Å². The zero-order valence-corrected chi connectivity index (χ0v) is 14.8. The Morgan fingerprint density at radius 1 is 1.17 bits per heavy atom. The largest absolute Gasteiger partial charge is 0.481 e. The van der Waals surface area contributed by atoms with E-state index in [4.69, 9.17) is 0 Å². The van der Waals surface area contributed by atoms with E-state index in [1.165, 1.54) is 0 Å². The van der Waals surface area contributed by atoms with E-state index in [0.29, 0.717) is 25.9 Å². The molecule has 1 heterocycles. The molecule has 1 amide bonds. The number of carbonyl (C=O) groups is 2. The molecule has 2 rings (SSSR count). The van der Waals surface area contributed by atoms with Gasteiger partial charge in [0.15, 0.2) is 0 Å². The maximum absolute atomic E-state index is 12.7. The molecule has 1 aliphatic heterocycles. The van der Waals surface area contributed by atoms with Gasteiger partial charge < -0.3 is 10.0 Å². The second kappa shape index (κ2) is 8.32. The summed E-state index contributed by atoms with van der Waals surface area (Å²) in [7, 11) is 0. The number of likely N-dealkylation sites (tertiary alicyclic amines) is 1. The Bertz CT molecular complexity index is 547. The van der Waals surface area contributed by atoms with Crippen LogP contribution in [0.15, 0.2) is 30.3 Å². The molecule has 1 saturated heterocycles. The predicted molar refractivity (Wildman–Crippen MR) is 94.9 cm³/mol. The average molecular weight is 331 g/mol. The summed E-state index contributed by atoms with van der Waals surface area (Å²) in [6.45, 7) is 5.26. The summed E-state index contributed by atoms with van der Waals surface area (Å²) in [4.78, 5) is 26.6. The van der Waals surface area contributed by atoms with E-state index in [0.717, 1.165) is 31.2 Å². The number of unbranched alkanes of at least 4 members (excludes halogenated alkanes) is 1. The third-order valence-corrected chi connectivity index (χ3v) is 5.41. The lowest BCUT2D eigenvalue weighted by atomic mass is 9.72. The van der Waals surface area contributed by atoms with Crippen LogP contribution in [-0.4, -0.2) is 35.0 Å². The molecular formula is C20H29NO3. The molecule has 1 aromatic rings. The van der Waals surface area contributed by atoms with E-state index < -0.39 is 11.4 Å². The molecule has 1 N–H and O–H groups in total. The zero-order chi connectivity index (χ0) is 17.6. The Labute approximate surface area is 144 Å². The summed E-state index contributed by atoms with van der Waals surface area (Å²) in [5.74, 6) is -0.490. The second-order valence-corrected chi connectivity index (χ2v) is 6.83. The molecule has 132 valence electrons. The van der Waals surface area contributed by atoms with Crippen molar-refractivity contribution in [3.63, 3.8) is 0 Å². The maximum atomic E-state index is 12.7. The van der Waals surface area contributed by atoms with Crippen LogP contribution in [0.5, 0.6) is 0 Å². The van der Waals surface area contributed by atoms with E-state index in [1.807, 2.05) is 35.2 Å². The minimum atomic E-state index is -0.858. The molecule has 0 radical (unpaired) electrons. The molecule has 1 unspecified atom stereocenters. The summed E-state index contributed by atoms with van der Waals surface area (Å²) in [6, 6.07) is 9.45. The van der Waals surface area contributed by atoms with Crippen molar-refractivity contribution in [2.75, 3.05) is 13.1 Å². The van der Waals surface area contributed by atoms with Gasteiger partial charge >= 0.3 is 5.97 Å². The topological polar surface area (TPSA) is 57.6 Å². The third-order valence-electron chi connectivity index (χ3n) is 5.41. The van der Waals surface area contributed by atoms with Crippen LogP contribution in [-0.2, 0) is 15.0 Å². The quantitative estimate of drug-likeness (QED) is 0.825. The Kier molecular flexibility index (Phi) is 6.41. The molecule has 0 aliphatic carbocycles. The highest BCUT2D eigenvalue weighted by molar-refractivity contribution is 5.83. The SMILES string of the molecule is CCCCC(CC)C(=O)N1CCC(C(=O)O)(c2ccccc2)CC1. The molecule has 1 atom stereocenters. The Hall–Kier alpha value is -1.84. The lowest BCUT2D eigenvalue weighted by Gasteiger charge is -2.40. The standard InChI is InChI=1S/C20H29NO3/c1-3-5-9-16(4-2)18(22)21-14-12-20(13-15-21,19(23)24)17-10-7-6-8-11-17/h6-8,10-11,16H,3-5,9,12-15H2,1-2H3,(H,23,24). The van der Waals surface area contributed by atoms with E-state index >= 15 is 0 Å². The first-order chi connectivity index (χ1) is 11.5. The number of aliphatic carboxylic acids is 1. The van der Waals surface area contributed by atoms with Gasteiger partial charge in [-0.3, -0.25) is 9.59 Å². The number of nitrogens with zero attached hydrogens (tertiary/aromatic N) is 1. The van der Waals surface area contributed by atoms with Crippen molar-refractivity contribution < 1.29 is 14.7 Å². The molecule has 4 nitrogen and oxygen atoms in total. The third kappa shape index (κ3) is 3.80. The van der Waals surface area contributed by atoms with Crippen molar-refractivity contribution >= 4 is 11.9 Å². The Morgan fingerprint density at radius 3 is 2.29 bits per heavy atom. The molecule has 4 heteroatoms. The van der Waals surface area contributed by atoms with E-state index in [1.54, 1.807) is 0 Å². The number of carboxylic acid groups (broad SMARTS) is 1. The average Bonchev–Trinajstić information content (AvgIpc) is 2.62. The number of hydrogen-bond acceptors (Lipinski definition) is 2. The van der Waals surface area contributed by atoms with Gasteiger partial charge in [-0.2, -0.15) is 0 Å². The first-order valence-electron chi connectivity index (χ1n) is 9.13. The first-order valence-corrected chi connectivity index (χ1v) is 9.13. The van der Waals surface area contributed by atoms with Crippen LogP contribution in [0, 0.1) is 5.92 Å². The van der Waals surface area contributed by atoms with E-state index in [9.17, 15) is 14.7 Å². The fraction of sp³-hybridized carbons (Fsp3) is 0.600. The zero-order valence-electron chi connectivity index (χ0n) is 14.8. The van der Waals surface area contributed by atoms with Crippen molar-refractivity contribution in [1.29, 1.82) is 0 Å². The Balaban J connectivity index is 2.08. The number of carbonyl (C=O) groups excluding carboxylic acids is 1. The fourth-order valence-corrected chi connectivity index (χ4v) is 3.70. The molecule has 1 aromatic carbocycles. The molecule has 1 aliphatic rings. The maximum Gasteiger partial charge on any atom is 0.314 e. The number of hydrogen-bond donors (Lipinski definition) is 1. The van der Waals surface area contributed by atoms with Gasteiger partial charge in [-0.05, 0) is 31.2 Å². The van der Waals surface area contributed by atoms with Gasteiger partial charge in [0, 0.05) is 19.0 Å². The summed E-state index contributed by atoms with van der Waals surface area (Å²) >= 11 is 0. The van der Waals surface area contributed by atoms with Crippen LogP contribution in [0.1, 0.15) is 57.9 Å². The van der Waals surface area contributed by atoms with Gasteiger partial charge in [0.25, 0.3) is 0 Å². The summed E-state index contributed by atoms with van der Waals surface area (Å²) in [6.07, 6.45) is 4.94. The van der Waals surface area contributed by atoms with Crippen molar-refractivity contribution in [3.05, 3.63) is 35.9 Å². The fourth-order valence-electron chi connectivity index (χ4n) is 3.70. The molecular weight excluding hydrogens is 302 g/mol. The van der Waals surface area contributed by atoms with Gasteiger partial charge in [-0.25, -0.2) is 0 Å². The van der Waals surface area contributed by atoms with Gasteiger partial charge in [0.05, 0.1) is 5.41 Å². The number of rotatable bonds is 7. The highest BCUT2D eigenvalue weighted by atomic mass is 16.4. The Morgan fingerprint density at radius 2 is 1.79 bits per heavy atom. The van der Waals surface area contributed by atoms with Crippen LogP contribution in [0.4, 0.5) is 0 Å². The second-order valence-electron chi connectivity index (χ2n) is 6.83. The molecule has 0 bridgehead atoms. The monoisotopic (exact) mass is 331 g/mol. The smallest absolute Gasteiger partial charge is 0.314 e. The molecule has 1 fully saturated rings. The highest BCUT2D eigenvalue weighted by Gasteiger charge is 2.44. The molecule has 0 spiro atoms. The van der Waals surface area contributed by atoms with Crippen LogP contribution < -0.4 is 0 Å². The minimum Gasteiger partial charge on any atom is -0.481 e. The lowest BCUT2D eigenvalue weighted by Crippen LogP contribution is -2.50. The highest BCUT2D eigenvalue weighted by Crippen LogP contribution is 2.36.